The molecule has 0 saturated heterocycles. The molecule has 11 heteroatoms. The minimum Gasteiger partial charge on any atom is -0.322 e. The van der Waals surface area contributed by atoms with Gasteiger partial charge in [-0.3, -0.25) is 0 Å². The van der Waals surface area contributed by atoms with Crippen molar-refractivity contribution >= 4 is 25.1 Å². The number of nitrogens with two attached hydrogens (primary N) is 3. The Morgan fingerprint density at radius 1 is 0.737 bits per heavy atom. The number of halogens is 1. The highest BCUT2D eigenvalue weighted by atomic mass is 35.5. The third-order valence-corrected chi connectivity index (χ3v) is 0.915. The van der Waals surface area contributed by atoms with E-state index in [4.69, 9.17) is 16.3 Å². The summed E-state index contributed by atoms with van der Waals surface area (Å²) in [5.41, 5.74) is 12.0. The van der Waals surface area contributed by atoms with E-state index in [0.29, 0.717) is 0 Å². The molecule has 0 saturated carbocycles. The second-order valence-electron chi connectivity index (χ2n) is 1.94. The number of hydrogen-bond acceptors (Lipinski definition) is 8. The van der Waals surface area contributed by atoms with Crippen LogP contribution < -0.4 is 17.6 Å². The van der Waals surface area contributed by atoms with Crippen molar-refractivity contribution in [1.82, 2.24) is 0 Å². The topological polar surface area (TPSA) is 195 Å². The Bertz CT molecular complexity index is 264. The summed E-state index contributed by atoms with van der Waals surface area (Å²) in [4.78, 5) is 0. The molecule has 0 aliphatic carbocycles. The Hall–Kier alpha value is -2.43. The Morgan fingerprint density at radius 2 is 0.947 bits per heavy atom. The number of hydrogen-bond donors (Lipinski definition) is 6. The minimum atomic E-state index is 0. The summed E-state index contributed by atoms with van der Waals surface area (Å²) in [6.07, 6.45) is 1.89. The third-order valence-electron chi connectivity index (χ3n) is 0.915. The van der Waals surface area contributed by atoms with Crippen molar-refractivity contribution in [3.63, 3.8) is 0 Å². The largest absolute Gasteiger partial charge is 0.322 e. The van der Waals surface area contributed by atoms with Gasteiger partial charge in [0.15, 0.2) is 12.7 Å². The first-order valence-corrected chi connectivity index (χ1v) is 4.25. The van der Waals surface area contributed by atoms with Gasteiger partial charge in [0.1, 0.15) is 0 Å². The molecule has 9 N–H and O–H groups in total. The molecule has 0 aliphatic rings. The minimum absolute atomic E-state index is 0. The summed E-state index contributed by atoms with van der Waals surface area (Å²) in [6.45, 7) is 0. The molecule has 0 fully saturated rings. The van der Waals surface area contributed by atoms with Crippen molar-refractivity contribution in [3.05, 3.63) is 36.4 Å². The van der Waals surface area contributed by atoms with Gasteiger partial charge >= 0.3 is 0 Å². The summed E-state index contributed by atoms with van der Waals surface area (Å²) in [5.74, 6) is 12.5. The summed E-state index contributed by atoms with van der Waals surface area (Å²) < 4.78 is 0. The highest BCUT2D eigenvalue weighted by Gasteiger charge is 1.57. The van der Waals surface area contributed by atoms with Crippen LogP contribution in [0.3, 0.4) is 0 Å². The van der Waals surface area contributed by atoms with Crippen molar-refractivity contribution in [1.29, 1.82) is 11.1 Å². The first-order valence-electron chi connectivity index (χ1n) is 4.25. The maximum Gasteiger partial charge on any atom is 0.156 e. The van der Waals surface area contributed by atoms with Gasteiger partial charge in [-0.2, -0.15) is 10.2 Å². The first kappa shape index (κ1) is 25.4. The predicted octanol–water partition coefficient (Wildman–Crippen LogP) is 1.28. The van der Waals surface area contributed by atoms with Gasteiger partial charge in [0.2, 0.25) is 0 Å². The lowest BCUT2D eigenvalue weighted by atomic mass is 10.4. The fourth-order valence-electron chi connectivity index (χ4n) is 0.452. The molecule has 0 atom stereocenters. The van der Waals surface area contributed by atoms with E-state index in [-0.39, 0.29) is 12.4 Å². The van der Waals surface area contributed by atoms with Gasteiger partial charge in [0.25, 0.3) is 0 Å². The molecule has 1 aromatic carbocycles. The van der Waals surface area contributed by atoms with Gasteiger partial charge in [0, 0.05) is 0 Å². The number of nitrogens with zero attached hydrogens (tertiary/aromatic N) is 4. The summed E-state index contributed by atoms with van der Waals surface area (Å²) in [7, 11) is 0. The molecule has 0 unspecified atom stereocenters. The second kappa shape index (κ2) is 36.1. The van der Waals surface area contributed by atoms with Crippen LogP contribution in [0.2, 0.25) is 0 Å². The zero-order valence-electron chi connectivity index (χ0n) is 10.00. The molecule has 1 rings (SSSR count). The van der Waals surface area contributed by atoms with E-state index in [1.54, 1.807) is 0 Å². The normalized spacial score (nSPS) is 7.47. The summed E-state index contributed by atoms with van der Waals surface area (Å²) in [5, 5.41) is 17.6. The van der Waals surface area contributed by atoms with E-state index in [1.165, 1.54) is 0 Å². The van der Waals surface area contributed by atoms with E-state index < -0.39 is 0 Å². The molecule has 0 spiro atoms. The van der Waals surface area contributed by atoms with Crippen LogP contribution in [0.4, 0.5) is 0 Å². The van der Waals surface area contributed by atoms with Crippen LogP contribution in [-0.2, 0) is 0 Å². The predicted molar refractivity (Wildman–Crippen MR) is 75.3 cm³/mol. The van der Waals surface area contributed by atoms with E-state index in [1.807, 2.05) is 36.4 Å². The zero-order valence-corrected chi connectivity index (χ0v) is 10.8. The molecular weight excluding hydrogens is 274 g/mol. The molecule has 0 aromatic heterocycles. The quantitative estimate of drug-likeness (QED) is 0.157. The van der Waals surface area contributed by atoms with Crippen LogP contribution in [0.15, 0.2) is 56.8 Å². The fourth-order valence-corrected chi connectivity index (χ4v) is 0.452. The van der Waals surface area contributed by atoms with Crippen molar-refractivity contribution in [2.24, 2.45) is 38.0 Å². The zero-order chi connectivity index (χ0) is 14.5. The highest BCUT2D eigenvalue weighted by molar-refractivity contribution is 5.85. The second-order valence-corrected chi connectivity index (χ2v) is 1.94. The van der Waals surface area contributed by atoms with Crippen LogP contribution in [0.1, 0.15) is 0 Å². The van der Waals surface area contributed by atoms with Gasteiger partial charge in [-0.05, 0) is 0 Å². The number of benzene rings is 1. The van der Waals surface area contributed by atoms with Gasteiger partial charge < -0.3 is 16.9 Å². The lowest BCUT2D eigenvalue weighted by molar-refractivity contribution is 0.311. The standard InChI is InChI=1S/C6H6.2CH4N4.ClH.H3NO/c1-2-4-6-5-3-1;2*2-4-1-5-3;;1-2/h1-6H;2*1-2H,3H2;1H;2H,1H2. The molecule has 0 heterocycles. The van der Waals surface area contributed by atoms with Crippen LogP contribution >= 0.6 is 12.4 Å². The Kier molecular flexibility index (Phi) is 48.3. The third kappa shape index (κ3) is 50.0. The van der Waals surface area contributed by atoms with Crippen LogP contribution in [0.25, 0.3) is 0 Å². The summed E-state index contributed by atoms with van der Waals surface area (Å²) in [6, 6.07) is 12.0. The lowest BCUT2D eigenvalue weighted by Gasteiger charge is -1.69. The Morgan fingerprint density at radius 3 is 1.00 bits per heavy atom. The van der Waals surface area contributed by atoms with Crippen molar-refractivity contribution in [2.45, 2.75) is 0 Å². The van der Waals surface area contributed by atoms with E-state index in [9.17, 15) is 0 Å². The average molecular weight is 292 g/mol. The van der Waals surface area contributed by atoms with Gasteiger partial charge in [-0.15, -0.1) is 22.6 Å². The van der Waals surface area contributed by atoms with E-state index in [0.717, 1.165) is 12.7 Å². The molecule has 1 aromatic rings. The number of rotatable bonds is 2. The smallest absolute Gasteiger partial charge is 0.156 e. The van der Waals surface area contributed by atoms with Crippen molar-refractivity contribution in [3.8, 4) is 0 Å². The van der Waals surface area contributed by atoms with Gasteiger partial charge in [0.05, 0.1) is 0 Å². The molecule has 108 valence electrons. The van der Waals surface area contributed by atoms with E-state index in [2.05, 4.69) is 38.0 Å². The van der Waals surface area contributed by atoms with Crippen molar-refractivity contribution < 1.29 is 5.21 Å². The van der Waals surface area contributed by atoms with Crippen molar-refractivity contribution in [2.75, 3.05) is 0 Å². The monoisotopic (exact) mass is 291 g/mol. The van der Waals surface area contributed by atoms with Gasteiger partial charge in [-0.1, -0.05) is 36.4 Å². The number of nitrogens with one attached hydrogen (secondary N) is 2. The number of hydrazone groups is 2. The van der Waals surface area contributed by atoms with Crippen LogP contribution in [0, 0.1) is 11.1 Å². The average Bonchev–Trinajstić information content (AvgIpc) is 2.46. The first-order chi connectivity index (χ1) is 8.83. The maximum absolute atomic E-state index is 6.50. The molecular formula is C8H18ClN9O. The van der Waals surface area contributed by atoms with E-state index >= 15 is 0 Å². The molecule has 0 aliphatic heterocycles. The Balaban J connectivity index is -0.0000000819. The maximum atomic E-state index is 6.50. The molecule has 19 heavy (non-hydrogen) atoms. The lowest BCUT2D eigenvalue weighted by Crippen LogP contribution is -1.75. The summed E-state index contributed by atoms with van der Waals surface area (Å²) >= 11 is 0. The van der Waals surface area contributed by atoms with Crippen LogP contribution in [0.5, 0.6) is 0 Å². The highest BCUT2D eigenvalue weighted by Crippen LogP contribution is 1.79. The van der Waals surface area contributed by atoms with Crippen LogP contribution in [-0.4, -0.2) is 17.9 Å². The Labute approximate surface area is 116 Å². The molecule has 0 radical (unpaired) electrons. The molecule has 0 amide bonds. The SMILES string of the molecule is Cl.N=NC=NN.N=NC=NN.NO.c1ccccc1. The molecule has 0 bridgehead atoms. The van der Waals surface area contributed by atoms with Gasteiger partial charge in [-0.25, -0.2) is 17.0 Å². The molecule has 10 nitrogen and oxygen atoms in total. The fraction of sp³-hybridized carbons (Fsp3) is 0.